The molecule has 0 aromatic heterocycles. The molecule has 4 nitrogen and oxygen atoms in total. The largest absolute Gasteiger partial charge is 0.494 e. The number of amides is 1. The molecule has 0 aliphatic heterocycles. The monoisotopic (exact) mass is 264 g/mol. The first-order valence-electron chi connectivity index (χ1n) is 6.55. The van der Waals surface area contributed by atoms with Crippen LogP contribution >= 0.6 is 0 Å². The Kier molecular flexibility index (Phi) is 4.95. The van der Waals surface area contributed by atoms with Crippen molar-refractivity contribution in [3.8, 4) is 5.75 Å². The number of nitrogens with two attached hydrogens (primary N) is 1. The van der Waals surface area contributed by atoms with Gasteiger partial charge in [0.15, 0.2) is 0 Å². The fourth-order valence-electron chi connectivity index (χ4n) is 1.64. The second-order valence-corrected chi connectivity index (χ2v) is 5.74. The van der Waals surface area contributed by atoms with Gasteiger partial charge in [0.25, 0.3) is 0 Å². The van der Waals surface area contributed by atoms with E-state index < -0.39 is 6.04 Å². The zero-order chi connectivity index (χ0) is 14.6. The van der Waals surface area contributed by atoms with Crippen molar-refractivity contribution in [1.29, 1.82) is 0 Å². The van der Waals surface area contributed by atoms with E-state index in [1.807, 2.05) is 52.8 Å². The predicted octanol–water partition coefficient (Wildman–Crippen LogP) is 2.71. The molecule has 1 aromatic carbocycles. The maximum Gasteiger partial charge on any atom is 0.241 e. The summed E-state index contributed by atoms with van der Waals surface area (Å²) in [5.41, 5.74) is 7.40. The summed E-state index contributed by atoms with van der Waals surface area (Å²) in [6.45, 7) is 10.3. The normalized spacial score (nSPS) is 12.9. The number of ether oxygens (including phenoxy) is 1. The summed E-state index contributed by atoms with van der Waals surface area (Å²) in [5, 5.41) is 2.87. The average Bonchev–Trinajstić information content (AvgIpc) is 2.30. The lowest BCUT2D eigenvalue weighted by Gasteiger charge is -2.26. The Hall–Kier alpha value is -1.55. The molecule has 1 atom stereocenters. The van der Waals surface area contributed by atoms with E-state index >= 15 is 0 Å². The van der Waals surface area contributed by atoms with Gasteiger partial charge in [-0.15, -0.1) is 0 Å². The molecule has 0 fully saturated rings. The predicted molar refractivity (Wildman–Crippen MR) is 78.4 cm³/mol. The maximum atomic E-state index is 12.1. The van der Waals surface area contributed by atoms with Crippen molar-refractivity contribution in [3.63, 3.8) is 0 Å². The minimum Gasteiger partial charge on any atom is -0.494 e. The van der Waals surface area contributed by atoms with Crippen molar-refractivity contribution in [2.45, 2.75) is 40.7 Å². The molecular weight excluding hydrogens is 240 g/mol. The van der Waals surface area contributed by atoms with Crippen molar-refractivity contribution < 1.29 is 9.53 Å². The van der Waals surface area contributed by atoms with Crippen LogP contribution in [0.1, 0.15) is 33.3 Å². The van der Waals surface area contributed by atoms with Crippen LogP contribution in [0.4, 0.5) is 5.69 Å². The molecular formula is C15H24N2O2. The van der Waals surface area contributed by atoms with Gasteiger partial charge in [-0.25, -0.2) is 0 Å². The highest BCUT2D eigenvalue weighted by atomic mass is 16.5. The van der Waals surface area contributed by atoms with Gasteiger partial charge in [-0.2, -0.15) is 0 Å². The van der Waals surface area contributed by atoms with Crippen LogP contribution < -0.4 is 15.8 Å². The van der Waals surface area contributed by atoms with Gasteiger partial charge in [0.2, 0.25) is 5.91 Å². The molecule has 3 N–H and O–H groups in total. The van der Waals surface area contributed by atoms with Gasteiger partial charge in [0, 0.05) is 5.69 Å². The second-order valence-electron chi connectivity index (χ2n) is 5.74. The van der Waals surface area contributed by atoms with Gasteiger partial charge >= 0.3 is 0 Å². The molecule has 0 aliphatic carbocycles. The van der Waals surface area contributed by atoms with Gasteiger partial charge in [-0.3, -0.25) is 4.79 Å². The third kappa shape index (κ3) is 4.24. The van der Waals surface area contributed by atoms with E-state index in [4.69, 9.17) is 10.5 Å². The maximum absolute atomic E-state index is 12.1. The van der Waals surface area contributed by atoms with Crippen molar-refractivity contribution >= 4 is 11.6 Å². The number of aryl methyl sites for hydroxylation is 1. The number of anilines is 1. The molecule has 4 heteroatoms. The van der Waals surface area contributed by atoms with E-state index in [2.05, 4.69) is 5.32 Å². The van der Waals surface area contributed by atoms with Crippen LogP contribution in [-0.2, 0) is 4.79 Å². The molecule has 0 heterocycles. The van der Waals surface area contributed by atoms with Crippen molar-refractivity contribution in [3.05, 3.63) is 23.8 Å². The van der Waals surface area contributed by atoms with Gasteiger partial charge in [0.1, 0.15) is 5.75 Å². The summed E-state index contributed by atoms with van der Waals surface area (Å²) in [4.78, 5) is 12.1. The molecule has 0 saturated heterocycles. The molecule has 1 amide bonds. The number of hydrogen-bond donors (Lipinski definition) is 2. The van der Waals surface area contributed by atoms with E-state index in [1.54, 1.807) is 0 Å². The Morgan fingerprint density at radius 3 is 2.53 bits per heavy atom. The number of nitrogens with one attached hydrogen (secondary N) is 1. The van der Waals surface area contributed by atoms with Crippen LogP contribution in [-0.4, -0.2) is 18.6 Å². The summed E-state index contributed by atoms with van der Waals surface area (Å²) in [7, 11) is 0. The molecule has 0 radical (unpaired) electrons. The fourth-order valence-corrected chi connectivity index (χ4v) is 1.64. The zero-order valence-corrected chi connectivity index (χ0v) is 12.4. The lowest BCUT2D eigenvalue weighted by Crippen LogP contribution is -2.45. The third-order valence-corrected chi connectivity index (χ3v) is 2.98. The Balaban J connectivity index is 2.80. The summed E-state index contributed by atoms with van der Waals surface area (Å²) < 4.78 is 5.41. The highest BCUT2D eigenvalue weighted by Gasteiger charge is 2.27. The summed E-state index contributed by atoms with van der Waals surface area (Å²) >= 11 is 0. The molecule has 1 rings (SSSR count). The first kappa shape index (κ1) is 15.5. The van der Waals surface area contributed by atoms with Gasteiger partial charge in [0.05, 0.1) is 12.6 Å². The Labute approximate surface area is 115 Å². The van der Waals surface area contributed by atoms with Crippen LogP contribution in [0, 0.1) is 12.3 Å². The summed E-state index contributed by atoms with van der Waals surface area (Å²) in [5.74, 6) is 0.637. The highest BCUT2D eigenvalue weighted by molar-refractivity contribution is 5.95. The molecule has 0 aliphatic rings. The number of carbonyl (C=O) groups excluding carboxylic acids is 1. The number of carbonyl (C=O) groups is 1. The van der Waals surface area contributed by atoms with E-state index in [1.165, 1.54) is 0 Å². The van der Waals surface area contributed by atoms with Gasteiger partial charge in [-0.05, 0) is 43.0 Å². The third-order valence-electron chi connectivity index (χ3n) is 2.98. The molecule has 0 bridgehead atoms. The standard InChI is InChI=1S/C15H24N2O2/c1-6-19-11-7-8-12(10(2)9-11)17-14(18)13(16)15(3,4)5/h7-9,13H,6,16H2,1-5H3,(H,17,18)/t13-/m0/s1. The SMILES string of the molecule is CCOc1ccc(NC(=O)[C@H](N)C(C)(C)C)c(C)c1. The van der Waals surface area contributed by atoms with Gasteiger partial charge in [-0.1, -0.05) is 20.8 Å². The molecule has 106 valence electrons. The van der Waals surface area contributed by atoms with E-state index in [-0.39, 0.29) is 11.3 Å². The topological polar surface area (TPSA) is 64.3 Å². The first-order chi connectivity index (χ1) is 8.75. The smallest absolute Gasteiger partial charge is 0.241 e. The van der Waals surface area contributed by atoms with Crippen LogP contribution in [0.3, 0.4) is 0 Å². The van der Waals surface area contributed by atoms with Crippen LogP contribution in [0.15, 0.2) is 18.2 Å². The zero-order valence-electron chi connectivity index (χ0n) is 12.4. The second kappa shape index (κ2) is 6.06. The molecule has 0 saturated carbocycles. The van der Waals surface area contributed by atoms with Crippen molar-refractivity contribution in [2.24, 2.45) is 11.1 Å². The number of hydrogen-bond acceptors (Lipinski definition) is 3. The minimum atomic E-state index is -0.543. The van der Waals surface area contributed by atoms with Crippen molar-refractivity contribution in [1.82, 2.24) is 0 Å². The lowest BCUT2D eigenvalue weighted by molar-refractivity contribution is -0.119. The summed E-state index contributed by atoms with van der Waals surface area (Å²) in [6, 6.07) is 5.04. The Bertz CT molecular complexity index is 450. The lowest BCUT2D eigenvalue weighted by atomic mass is 9.87. The molecule has 0 spiro atoms. The van der Waals surface area contributed by atoms with E-state index in [0.29, 0.717) is 6.61 Å². The Morgan fingerprint density at radius 2 is 2.05 bits per heavy atom. The number of rotatable bonds is 4. The van der Waals surface area contributed by atoms with E-state index in [9.17, 15) is 4.79 Å². The molecule has 0 unspecified atom stereocenters. The number of benzene rings is 1. The summed E-state index contributed by atoms with van der Waals surface area (Å²) in [6.07, 6.45) is 0. The quantitative estimate of drug-likeness (QED) is 0.878. The van der Waals surface area contributed by atoms with Crippen LogP contribution in [0.5, 0.6) is 5.75 Å². The van der Waals surface area contributed by atoms with E-state index in [0.717, 1.165) is 17.0 Å². The molecule has 1 aromatic rings. The average molecular weight is 264 g/mol. The first-order valence-corrected chi connectivity index (χ1v) is 6.55. The Morgan fingerprint density at radius 1 is 1.42 bits per heavy atom. The van der Waals surface area contributed by atoms with Gasteiger partial charge < -0.3 is 15.8 Å². The van der Waals surface area contributed by atoms with Crippen molar-refractivity contribution in [2.75, 3.05) is 11.9 Å². The molecule has 19 heavy (non-hydrogen) atoms. The van der Waals surface area contributed by atoms with Crippen LogP contribution in [0.25, 0.3) is 0 Å². The van der Waals surface area contributed by atoms with Crippen LogP contribution in [0.2, 0.25) is 0 Å². The fraction of sp³-hybridized carbons (Fsp3) is 0.533. The highest BCUT2D eigenvalue weighted by Crippen LogP contribution is 2.23. The minimum absolute atomic E-state index is 0.167.